The van der Waals surface area contributed by atoms with Gasteiger partial charge in [0.15, 0.2) is 0 Å². The molecule has 0 radical (unpaired) electrons. The number of rotatable bonds is 5. The van der Waals surface area contributed by atoms with Crippen LogP contribution in [0.1, 0.15) is 26.2 Å². The molecule has 1 unspecified atom stereocenters. The van der Waals surface area contributed by atoms with Crippen molar-refractivity contribution in [1.82, 2.24) is 15.1 Å². The molecule has 0 bridgehead atoms. The number of anilines is 1. The quantitative estimate of drug-likeness (QED) is 0.739. The molecule has 1 aromatic rings. The monoisotopic (exact) mass is 416 g/mol. The lowest BCUT2D eigenvalue weighted by atomic mass is 9.93. The van der Waals surface area contributed by atoms with E-state index in [1.54, 1.807) is 16.7 Å². The second kappa shape index (κ2) is 10.3. The summed E-state index contributed by atoms with van der Waals surface area (Å²) in [6, 6.07) is 9.41. The first-order valence-corrected chi connectivity index (χ1v) is 10.7. The van der Waals surface area contributed by atoms with E-state index in [-0.39, 0.29) is 23.8 Å². The molecule has 2 aliphatic rings. The summed E-state index contributed by atoms with van der Waals surface area (Å²) in [6.45, 7) is 5.75. The summed E-state index contributed by atoms with van der Waals surface area (Å²) in [4.78, 5) is 42.6. The largest absolute Gasteiger partial charge is 0.469 e. The van der Waals surface area contributed by atoms with Crippen LogP contribution in [-0.4, -0.2) is 80.1 Å². The molecule has 3 amide bonds. The molecule has 2 saturated heterocycles. The second-order valence-corrected chi connectivity index (χ2v) is 8.03. The van der Waals surface area contributed by atoms with E-state index in [0.717, 1.165) is 31.6 Å². The second-order valence-electron chi connectivity index (χ2n) is 8.03. The first-order chi connectivity index (χ1) is 14.5. The predicted octanol–water partition coefficient (Wildman–Crippen LogP) is 1.71. The van der Waals surface area contributed by atoms with E-state index in [2.05, 4.69) is 22.3 Å². The Morgan fingerprint density at radius 3 is 2.23 bits per heavy atom. The molecule has 8 nitrogen and oxygen atoms in total. The molecule has 0 aromatic heterocycles. The van der Waals surface area contributed by atoms with Crippen LogP contribution in [0.2, 0.25) is 0 Å². The van der Waals surface area contributed by atoms with Crippen molar-refractivity contribution in [2.45, 2.75) is 32.2 Å². The fraction of sp³-hybridized carbons (Fsp3) is 0.591. The van der Waals surface area contributed by atoms with Crippen LogP contribution in [0.4, 0.5) is 10.5 Å². The standard InChI is InChI=1S/C22H32N4O4/c1-17(21(28)25-10-8-18(9-11-25)16-20(27)30-2)23-22(29)26-14-12-24(13-15-26)19-6-4-3-5-7-19/h3-7,17-18H,8-16H2,1-2H3,(H,23,29). The minimum absolute atomic E-state index is 0.0669. The van der Waals surface area contributed by atoms with Gasteiger partial charge in [0.25, 0.3) is 0 Å². The molecule has 1 atom stereocenters. The van der Waals surface area contributed by atoms with Gasteiger partial charge >= 0.3 is 12.0 Å². The zero-order chi connectivity index (χ0) is 21.5. The third kappa shape index (κ3) is 5.64. The lowest BCUT2D eigenvalue weighted by Gasteiger charge is -2.37. The smallest absolute Gasteiger partial charge is 0.318 e. The van der Waals surface area contributed by atoms with E-state index >= 15 is 0 Å². The maximum atomic E-state index is 12.7. The van der Waals surface area contributed by atoms with Crippen LogP contribution in [0, 0.1) is 5.92 Å². The number of nitrogens with zero attached hydrogens (tertiary/aromatic N) is 3. The van der Waals surface area contributed by atoms with E-state index in [4.69, 9.17) is 4.74 Å². The zero-order valence-corrected chi connectivity index (χ0v) is 17.9. The van der Waals surface area contributed by atoms with Crippen LogP contribution >= 0.6 is 0 Å². The third-order valence-corrected chi connectivity index (χ3v) is 6.01. The Hall–Kier alpha value is -2.77. The Morgan fingerprint density at radius 1 is 1.00 bits per heavy atom. The number of piperidine rings is 1. The normalized spacial score (nSPS) is 18.7. The number of benzene rings is 1. The number of ether oxygens (including phenoxy) is 1. The number of methoxy groups -OCH3 is 1. The maximum Gasteiger partial charge on any atom is 0.318 e. The van der Waals surface area contributed by atoms with Crippen LogP contribution in [-0.2, 0) is 14.3 Å². The Balaban J connectivity index is 1.41. The topological polar surface area (TPSA) is 82.2 Å². The molecule has 1 N–H and O–H groups in total. The van der Waals surface area contributed by atoms with Crippen molar-refractivity contribution in [3.63, 3.8) is 0 Å². The van der Waals surface area contributed by atoms with Gasteiger partial charge in [0.05, 0.1) is 7.11 Å². The highest BCUT2D eigenvalue weighted by Gasteiger charge is 2.29. The van der Waals surface area contributed by atoms with Crippen molar-refractivity contribution < 1.29 is 19.1 Å². The molecule has 8 heteroatoms. The average molecular weight is 417 g/mol. The Bertz CT molecular complexity index is 726. The highest BCUT2D eigenvalue weighted by molar-refractivity contribution is 5.87. The Kier molecular flexibility index (Phi) is 7.54. The summed E-state index contributed by atoms with van der Waals surface area (Å²) in [7, 11) is 1.40. The number of likely N-dealkylation sites (tertiary alicyclic amines) is 1. The van der Waals surface area contributed by atoms with Crippen LogP contribution in [0.15, 0.2) is 30.3 Å². The molecule has 1 aromatic carbocycles. The Labute approximate surface area is 178 Å². The summed E-state index contributed by atoms with van der Waals surface area (Å²) in [5.41, 5.74) is 1.16. The first kappa shape index (κ1) is 21.9. The van der Waals surface area contributed by atoms with Crippen molar-refractivity contribution in [2.24, 2.45) is 5.92 Å². The number of esters is 1. The number of amides is 3. The molecule has 2 heterocycles. The van der Waals surface area contributed by atoms with Gasteiger partial charge in [0, 0.05) is 51.4 Å². The number of urea groups is 1. The summed E-state index contributed by atoms with van der Waals surface area (Å²) >= 11 is 0. The molecule has 164 valence electrons. The van der Waals surface area contributed by atoms with Gasteiger partial charge in [-0.1, -0.05) is 18.2 Å². The van der Waals surface area contributed by atoms with Gasteiger partial charge < -0.3 is 24.8 Å². The van der Waals surface area contributed by atoms with Gasteiger partial charge in [-0.25, -0.2) is 4.79 Å². The summed E-state index contributed by atoms with van der Waals surface area (Å²) in [5, 5.41) is 2.86. The molecular weight excluding hydrogens is 384 g/mol. The lowest BCUT2D eigenvalue weighted by Crippen LogP contribution is -2.56. The van der Waals surface area contributed by atoms with Crippen molar-refractivity contribution >= 4 is 23.6 Å². The van der Waals surface area contributed by atoms with E-state index in [1.807, 2.05) is 18.2 Å². The van der Waals surface area contributed by atoms with Crippen LogP contribution < -0.4 is 10.2 Å². The summed E-state index contributed by atoms with van der Waals surface area (Å²) in [5.74, 6) is -0.0112. The van der Waals surface area contributed by atoms with E-state index in [1.165, 1.54) is 7.11 Å². The number of para-hydroxylation sites is 1. The average Bonchev–Trinajstić information content (AvgIpc) is 2.79. The van der Waals surface area contributed by atoms with Crippen molar-refractivity contribution in [1.29, 1.82) is 0 Å². The van der Waals surface area contributed by atoms with E-state index < -0.39 is 6.04 Å². The zero-order valence-electron chi connectivity index (χ0n) is 17.9. The van der Waals surface area contributed by atoms with Crippen molar-refractivity contribution in [2.75, 3.05) is 51.3 Å². The van der Waals surface area contributed by atoms with E-state index in [9.17, 15) is 14.4 Å². The molecule has 2 aliphatic heterocycles. The number of piperazine rings is 1. The van der Waals surface area contributed by atoms with E-state index in [0.29, 0.717) is 32.6 Å². The number of carbonyl (C=O) groups excluding carboxylic acids is 3. The number of hydrogen-bond donors (Lipinski definition) is 1. The summed E-state index contributed by atoms with van der Waals surface area (Å²) < 4.78 is 4.72. The third-order valence-electron chi connectivity index (χ3n) is 6.01. The maximum absolute atomic E-state index is 12.7. The van der Waals surface area contributed by atoms with Crippen LogP contribution in [0.25, 0.3) is 0 Å². The first-order valence-electron chi connectivity index (χ1n) is 10.7. The SMILES string of the molecule is COC(=O)CC1CCN(C(=O)C(C)NC(=O)N2CCN(c3ccccc3)CC2)CC1. The van der Waals surface area contributed by atoms with Gasteiger partial charge in [-0.05, 0) is 37.8 Å². The van der Waals surface area contributed by atoms with Gasteiger partial charge in [-0.3, -0.25) is 9.59 Å². The number of nitrogens with one attached hydrogen (secondary N) is 1. The molecule has 30 heavy (non-hydrogen) atoms. The minimum Gasteiger partial charge on any atom is -0.469 e. The minimum atomic E-state index is -0.568. The van der Waals surface area contributed by atoms with Crippen LogP contribution in [0.5, 0.6) is 0 Å². The highest BCUT2D eigenvalue weighted by Crippen LogP contribution is 2.21. The summed E-state index contributed by atoms with van der Waals surface area (Å²) in [6.07, 6.45) is 1.96. The molecule has 0 aliphatic carbocycles. The van der Waals surface area contributed by atoms with Crippen molar-refractivity contribution in [3.05, 3.63) is 30.3 Å². The van der Waals surface area contributed by atoms with Gasteiger partial charge in [-0.2, -0.15) is 0 Å². The van der Waals surface area contributed by atoms with Gasteiger partial charge in [-0.15, -0.1) is 0 Å². The van der Waals surface area contributed by atoms with Gasteiger partial charge in [0.1, 0.15) is 6.04 Å². The molecular formula is C22H32N4O4. The van der Waals surface area contributed by atoms with Crippen LogP contribution in [0.3, 0.4) is 0 Å². The fourth-order valence-corrected chi connectivity index (χ4v) is 4.10. The Morgan fingerprint density at radius 2 is 1.63 bits per heavy atom. The number of carbonyl (C=O) groups is 3. The van der Waals surface area contributed by atoms with Crippen molar-refractivity contribution in [3.8, 4) is 0 Å². The molecule has 2 fully saturated rings. The lowest BCUT2D eigenvalue weighted by molar-refractivity contribution is -0.142. The van der Waals surface area contributed by atoms with Gasteiger partial charge in [0.2, 0.25) is 5.91 Å². The number of hydrogen-bond acceptors (Lipinski definition) is 5. The molecule has 3 rings (SSSR count). The fourth-order valence-electron chi connectivity index (χ4n) is 4.10. The molecule has 0 spiro atoms. The molecule has 0 saturated carbocycles. The highest BCUT2D eigenvalue weighted by atomic mass is 16.5. The predicted molar refractivity (Wildman–Crippen MR) is 114 cm³/mol.